The Morgan fingerprint density at radius 3 is 2.52 bits per heavy atom. The molecular formula is C20H23NO3S. The highest BCUT2D eigenvalue weighted by Crippen LogP contribution is 2.33. The monoisotopic (exact) mass is 357 g/mol. The second kappa shape index (κ2) is 7.42. The van der Waals surface area contributed by atoms with Gasteiger partial charge in [-0.15, -0.1) is 0 Å². The fourth-order valence-electron chi connectivity index (χ4n) is 3.26. The van der Waals surface area contributed by atoms with E-state index in [0.29, 0.717) is 13.0 Å². The maximum absolute atomic E-state index is 11.0. The zero-order valence-corrected chi connectivity index (χ0v) is 15.1. The molecule has 1 N–H and O–H groups in total. The molecule has 132 valence electrons. The van der Waals surface area contributed by atoms with E-state index < -0.39 is 10.1 Å². The SMILES string of the molecule is Cc1ccc(CC2c3ccccc3C=CN2CCCS(=O)(=O)O)cc1. The van der Waals surface area contributed by atoms with Gasteiger partial charge in [0.2, 0.25) is 0 Å². The Labute approximate surface area is 149 Å². The zero-order valence-electron chi connectivity index (χ0n) is 14.3. The quantitative estimate of drug-likeness (QED) is 0.798. The van der Waals surface area contributed by atoms with Gasteiger partial charge in [-0.3, -0.25) is 4.55 Å². The van der Waals surface area contributed by atoms with Crippen molar-refractivity contribution in [3.8, 4) is 0 Å². The summed E-state index contributed by atoms with van der Waals surface area (Å²) in [7, 11) is -3.92. The summed E-state index contributed by atoms with van der Waals surface area (Å²) in [5, 5.41) is 0. The third-order valence-corrected chi connectivity index (χ3v) is 5.37. The van der Waals surface area contributed by atoms with E-state index >= 15 is 0 Å². The molecule has 1 atom stereocenters. The van der Waals surface area contributed by atoms with E-state index in [2.05, 4.69) is 54.3 Å². The van der Waals surface area contributed by atoms with E-state index in [1.54, 1.807) is 0 Å². The lowest BCUT2D eigenvalue weighted by Gasteiger charge is -2.35. The van der Waals surface area contributed by atoms with Crippen LogP contribution in [0.4, 0.5) is 0 Å². The normalized spacial score (nSPS) is 16.7. The molecular weight excluding hydrogens is 334 g/mol. The van der Waals surface area contributed by atoms with Gasteiger partial charge in [0.1, 0.15) is 0 Å². The Morgan fingerprint density at radius 1 is 1.08 bits per heavy atom. The predicted molar refractivity (Wildman–Crippen MR) is 101 cm³/mol. The zero-order chi connectivity index (χ0) is 17.9. The van der Waals surface area contributed by atoms with Crippen molar-refractivity contribution in [2.45, 2.75) is 25.8 Å². The van der Waals surface area contributed by atoms with Crippen LogP contribution >= 0.6 is 0 Å². The summed E-state index contributed by atoms with van der Waals surface area (Å²) < 4.78 is 31.0. The van der Waals surface area contributed by atoms with Crippen molar-refractivity contribution in [3.63, 3.8) is 0 Å². The molecule has 0 saturated heterocycles. The minimum Gasteiger partial charge on any atom is -0.370 e. The smallest absolute Gasteiger partial charge is 0.264 e. The summed E-state index contributed by atoms with van der Waals surface area (Å²) in [6.45, 7) is 2.66. The average Bonchev–Trinajstić information content (AvgIpc) is 2.57. The third-order valence-electron chi connectivity index (χ3n) is 4.57. The first-order valence-electron chi connectivity index (χ1n) is 8.46. The molecule has 25 heavy (non-hydrogen) atoms. The largest absolute Gasteiger partial charge is 0.370 e. The summed E-state index contributed by atoms with van der Waals surface area (Å²) in [4.78, 5) is 2.17. The van der Waals surface area contributed by atoms with Gasteiger partial charge in [-0.1, -0.05) is 54.1 Å². The van der Waals surface area contributed by atoms with E-state index in [1.807, 2.05) is 18.3 Å². The van der Waals surface area contributed by atoms with Gasteiger partial charge < -0.3 is 4.90 Å². The van der Waals surface area contributed by atoms with Crippen LogP contribution < -0.4 is 0 Å². The van der Waals surface area contributed by atoms with Crippen LogP contribution in [0.1, 0.15) is 34.7 Å². The second-order valence-corrected chi connectivity index (χ2v) is 8.10. The van der Waals surface area contributed by atoms with Gasteiger partial charge in [-0.05, 0) is 42.5 Å². The Hall–Kier alpha value is -2.11. The molecule has 4 nitrogen and oxygen atoms in total. The van der Waals surface area contributed by atoms with Crippen molar-refractivity contribution < 1.29 is 13.0 Å². The molecule has 0 bridgehead atoms. The molecule has 2 aromatic carbocycles. The molecule has 0 aromatic heterocycles. The Balaban J connectivity index is 1.82. The second-order valence-electron chi connectivity index (χ2n) is 6.53. The molecule has 1 unspecified atom stereocenters. The Morgan fingerprint density at radius 2 is 1.80 bits per heavy atom. The van der Waals surface area contributed by atoms with Crippen molar-refractivity contribution in [3.05, 3.63) is 77.0 Å². The summed E-state index contributed by atoms with van der Waals surface area (Å²) >= 11 is 0. The lowest BCUT2D eigenvalue weighted by molar-refractivity contribution is 0.275. The third kappa shape index (κ3) is 4.71. The van der Waals surface area contributed by atoms with Crippen molar-refractivity contribution in [1.29, 1.82) is 0 Å². The van der Waals surface area contributed by atoms with Crippen LogP contribution in [-0.4, -0.2) is 30.2 Å². The lowest BCUT2D eigenvalue weighted by Crippen LogP contribution is -2.30. The molecule has 1 aliphatic heterocycles. The molecule has 2 aromatic rings. The Kier molecular flexibility index (Phi) is 5.25. The summed E-state index contributed by atoms with van der Waals surface area (Å²) in [6, 6.07) is 17.0. The van der Waals surface area contributed by atoms with Crippen molar-refractivity contribution in [2.75, 3.05) is 12.3 Å². The fourth-order valence-corrected chi connectivity index (χ4v) is 3.75. The molecule has 0 saturated carbocycles. The lowest BCUT2D eigenvalue weighted by atomic mass is 9.91. The summed E-state index contributed by atoms with van der Waals surface area (Å²) in [5.74, 6) is -0.212. The van der Waals surface area contributed by atoms with Crippen LogP contribution in [0, 0.1) is 6.92 Å². The maximum atomic E-state index is 11.0. The highest BCUT2D eigenvalue weighted by molar-refractivity contribution is 7.85. The molecule has 1 heterocycles. The van der Waals surface area contributed by atoms with Crippen LogP contribution in [-0.2, 0) is 16.5 Å². The first-order chi connectivity index (χ1) is 11.9. The van der Waals surface area contributed by atoms with Gasteiger partial charge in [0.15, 0.2) is 0 Å². The van der Waals surface area contributed by atoms with Crippen molar-refractivity contribution >= 4 is 16.2 Å². The minimum atomic E-state index is -3.92. The molecule has 0 fully saturated rings. The highest BCUT2D eigenvalue weighted by atomic mass is 32.2. The maximum Gasteiger partial charge on any atom is 0.264 e. The number of hydrogen-bond donors (Lipinski definition) is 1. The van der Waals surface area contributed by atoms with Gasteiger partial charge in [0.25, 0.3) is 10.1 Å². The van der Waals surface area contributed by atoms with Crippen LogP contribution in [0.2, 0.25) is 0 Å². The van der Waals surface area contributed by atoms with Gasteiger partial charge in [-0.2, -0.15) is 8.42 Å². The van der Waals surface area contributed by atoms with E-state index in [-0.39, 0.29) is 11.8 Å². The van der Waals surface area contributed by atoms with Gasteiger partial charge in [-0.25, -0.2) is 0 Å². The molecule has 0 aliphatic carbocycles. The number of hydrogen-bond acceptors (Lipinski definition) is 3. The van der Waals surface area contributed by atoms with Crippen molar-refractivity contribution in [2.24, 2.45) is 0 Å². The van der Waals surface area contributed by atoms with Gasteiger partial charge in [0, 0.05) is 12.7 Å². The highest BCUT2D eigenvalue weighted by Gasteiger charge is 2.23. The molecule has 1 aliphatic rings. The number of rotatable bonds is 6. The number of fused-ring (bicyclic) bond motifs is 1. The predicted octanol–water partition coefficient (Wildman–Crippen LogP) is 3.84. The number of benzene rings is 2. The molecule has 0 radical (unpaired) electrons. The van der Waals surface area contributed by atoms with E-state index in [1.165, 1.54) is 22.3 Å². The Bertz CT molecular complexity index is 857. The van der Waals surface area contributed by atoms with E-state index in [4.69, 9.17) is 4.55 Å². The van der Waals surface area contributed by atoms with E-state index in [0.717, 1.165) is 6.42 Å². The first kappa shape index (κ1) is 17.7. The minimum absolute atomic E-state index is 0.158. The molecule has 3 rings (SSSR count). The molecule has 5 heteroatoms. The molecule has 0 amide bonds. The van der Waals surface area contributed by atoms with Crippen LogP contribution in [0.15, 0.2) is 54.7 Å². The van der Waals surface area contributed by atoms with Crippen LogP contribution in [0.3, 0.4) is 0 Å². The first-order valence-corrected chi connectivity index (χ1v) is 10.1. The standard InChI is InChI=1S/C20H23NO3S/c1-16-7-9-17(10-8-16)15-20-19-6-3-2-5-18(19)11-13-21(20)12-4-14-25(22,23)24/h2-3,5-11,13,20H,4,12,14-15H2,1H3,(H,22,23,24). The van der Waals surface area contributed by atoms with Gasteiger partial charge >= 0.3 is 0 Å². The fraction of sp³-hybridized carbons (Fsp3) is 0.300. The number of nitrogens with zero attached hydrogens (tertiary/aromatic N) is 1. The van der Waals surface area contributed by atoms with Crippen molar-refractivity contribution in [1.82, 2.24) is 4.90 Å². The topological polar surface area (TPSA) is 57.6 Å². The summed E-state index contributed by atoms with van der Waals surface area (Å²) in [5.41, 5.74) is 4.93. The molecule has 0 spiro atoms. The van der Waals surface area contributed by atoms with Crippen LogP contribution in [0.25, 0.3) is 6.08 Å². The van der Waals surface area contributed by atoms with Crippen LogP contribution in [0.5, 0.6) is 0 Å². The number of aryl methyl sites for hydroxylation is 1. The average molecular weight is 357 g/mol. The van der Waals surface area contributed by atoms with E-state index in [9.17, 15) is 8.42 Å². The van der Waals surface area contributed by atoms with Gasteiger partial charge in [0.05, 0.1) is 11.8 Å². The summed E-state index contributed by atoms with van der Waals surface area (Å²) in [6.07, 6.45) is 5.35.